The van der Waals surface area contributed by atoms with Crippen molar-refractivity contribution in [2.75, 3.05) is 24.6 Å². The Bertz CT molecular complexity index is 357. The number of hydrogen-bond donors (Lipinski definition) is 1. The largest absolute Gasteiger partial charge is 0.408 e. The molecular weight excluding hydrogens is 230 g/mol. The molecule has 5 nitrogen and oxygen atoms in total. The average Bonchev–Trinajstić information content (AvgIpc) is 2.87. The van der Waals surface area contributed by atoms with Gasteiger partial charge < -0.3 is 14.4 Å². The van der Waals surface area contributed by atoms with Gasteiger partial charge in [-0.15, -0.1) is 5.10 Å². The highest BCUT2D eigenvalue weighted by atomic mass is 16.4. The van der Waals surface area contributed by atoms with E-state index in [1.54, 1.807) is 0 Å². The summed E-state index contributed by atoms with van der Waals surface area (Å²) in [6.07, 6.45) is 4.35. The van der Waals surface area contributed by atoms with Crippen molar-refractivity contribution in [3.63, 3.8) is 0 Å². The molecule has 1 aliphatic heterocycles. The molecule has 1 saturated heterocycles. The van der Waals surface area contributed by atoms with Crippen molar-refractivity contribution in [1.82, 2.24) is 10.2 Å². The Hall–Kier alpha value is -1.10. The van der Waals surface area contributed by atoms with Gasteiger partial charge in [0, 0.05) is 25.6 Å². The predicted octanol–water partition coefficient (Wildman–Crippen LogP) is 2.18. The molecule has 0 saturated carbocycles. The van der Waals surface area contributed by atoms with E-state index in [9.17, 15) is 0 Å². The van der Waals surface area contributed by atoms with Gasteiger partial charge in [-0.1, -0.05) is 18.9 Å². The Morgan fingerprint density at radius 2 is 2.06 bits per heavy atom. The number of hydrogen-bond acceptors (Lipinski definition) is 5. The van der Waals surface area contributed by atoms with Crippen LogP contribution >= 0.6 is 0 Å². The molecule has 0 radical (unpaired) electrons. The number of aliphatic hydroxyl groups excluding tert-OH is 1. The van der Waals surface area contributed by atoms with E-state index in [0.717, 1.165) is 44.7 Å². The lowest BCUT2D eigenvalue weighted by Crippen LogP contribution is -2.33. The summed E-state index contributed by atoms with van der Waals surface area (Å²) in [4.78, 5) is 2.17. The van der Waals surface area contributed by atoms with E-state index in [0.29, 0.717) is 18.5 Å². The first-order valence-electron chi connectivity index (χ1n) is 6.90. The molecule has 0 bridgehead atoms. The van der Waals surface area contributed by atoms with Gasteiger partial charge in [0.1, 0.15) is 0 Å². The average molecular weight is 253 g/mol. The van der Waals surface area contributed by atoms with Crippen LogP contribution in [0.2, 0.25) is 0 Å². The third kappa shape index (κ3) is 3.22. The van der Waals surface area contributed by atoms with Gasteiger partial charge in [-0.3, -0.25) is 0 Å². The number of rotatable bonds is 5. The van der Waals surface area contributed by atoms with E-state index in [-0.39, 0.29) is 5.92 Å². The van der Waals surface area contributed by atoms with E-state index in [2.05, 4.69) is 28.9 Å². The molecule has 0 aromatic carbocycles. The van der Waals surface area contributed by atoms with Crippen molar-refractivity contribution in [2.24, 2.45) is 5.92 Å². The molecule has 0 unspecified atom stereocenters. The normalized spacial score (nSPS) is 17.7. The molecule has 18 heavy (non-hydrogen) atoms. The fourth-order valence-corrected chi connectivity index (χ4v) is 2.38. The highest BCUT2D eigenvalue weighted by Crippen LogP contribution is 2.26. The minimum Gasteiger partial charge on any atom is -0.408 e. The lowest BCUT2D eigenvalue weighted by molar-refractivity contribution is 0.260. The van der Waals surface area contributed by atoms with Crippen LogP contribution < -0.4 is 4.90 Å². The van der Waals surface area contributed by atoms with Crippen molar-refractivity contribution in [3.05, 3.63) is 5.89 Å². The van der Waals surface area contributed by atoms with Crippen LogP contribution in [0.3, 0.4) is 0 Å². The van der Waals surface area contributed by atoms with Crippen LogP contribution in [0.5, 0.6) is 0 Å². The minimum absolute atomic E-state index is 0.286. The smallest absolute Gasteiger partial charge is 0.318 e. The topological polar surface area (TPSA) is 62.4 Å². The molecule has 0 aliphatic carbocycles. The lowest BCUT2D eigenvalue weighted by Gasteiger charge is -2.30. The molecule has 1 aromatic rings. The molecular formula is C13H23N3O2. The first-order chi connectivity index (χ1) is 8.70. The molecule has 2 rings (SSSR count). The maximum atomic E-state index is 8.84. The van der Waals surface area contributed by atoms with Gasteiger partial charge >= 0.3 is 6.01 Å². The summed E-state index contributed by atoms with van der Waals surface area (Å²) in [5, 5.41) is 17.0. The van der Waals surface area contributed by atoms with E-state index in [1.807, 2.05) is 0 Å². The van der Waals surface area contributed by atoms with E-state index in [4.69, 9.17) is 9.52 Å². The number of aliphatic hydroxyl groups is 1. The summed E-state index contributed by atoms with van der Waals surface area (Å²) in [7, 11) is 0. The van der Waals surface area contributed by atoms with Crippen LogP contribution in [0.15, 0.2) is 4.42 Å². The molecule has 1 aromatic heterocycles. The van der Waals surface area contributed by atoms with Crippen molar-refractivity contribution in [3.8, 4) is 0 Å². The minimum atomic E-state index is 0.286. The van der Waals surface area contributed by atoms with E-state index < -0.39 is 0 Å². The monoisotopic (exact) mass is 253 g/mol. The van der Waals surface area contributed by atoms with Crippen molar-refractivity contribution in [2.45, 2.75) is 45.4 Å². The van der Waals surface area contributed by atoms with Gasteiger partial charge in [-0.2, -0.15) is 0 Å². The molecule has 0 spiro atoms. The SMILES string of the molecule is CC(C)c1nnc(N2CCC(CCCO)CC2)o1. The summed E-state index contributed by atoms with van der Waals surface area (Å²) >= 11 is 0. The zero-order valence-corrected chi connectivity index (χ0v) is 11.3. The molecule has 0 amide bonds. The molecule has 1 fully saturated rings. The fraction of sp³-hybridized carbons (Fsp3) is 0.846. The second-order valence-corrected chi connectivity index (χ2v) is 5.37. The summed E-state index contributed by atoms with van der Waals surface area (Å²) in [6.45, 7) is 6.38. The Balaban J connectivity index is 1.85. The number of anilines is 1. The van der Waals surface area contributed by atoms with Gasteiger partial charge in [0.25, 0.3) is 0 Å². The molecule has 5 heteroatoms. The van der Waals surface area contributed by atoms with Crippen LogP contribution in [0.1, 0.15) is 51.3 Å². The van der Waals surface area contributed by atoms with Gasteiger partial charge in [0.05, 0.1) is 0 Å². The molecule has 1 aliphatic rings. The number of aromatic nitrogens is 2. The summed E-state index contributed by atoms with van der Waals surface area (Å²) in [5.74, 6) is 1.74. The predicted molar refractivity (Wildman–Crippen MR) is 69.6 cm³/mol. The van der Waals surface area contributed by atoms with Gasteiger partial charge in [0.15, 0.2) is 0 Å². The third-order valence-corrected chi connectivity index (χ3v) is 3.58. The highest BCUT2D eigenvalue weighted by Gasteiger charge is 2.23. The van der Waals surface area contributed by atoms with Crippen LogP contribution in [0.4, 0.5) is 6.01 Å². The van der Waals surface area contributed by atoms with Crippen LogP contribution in [0, 0.1) is 5.92 Å². The molecule has 102 valence electrons. The third-order valence-electron chi connectivity index (χ3n) is 3.58. The van der Waals surface area contributed by atoms with E-state index in [1.165, 1.54) is 0 Å². The van der Waals surface area contributed by atoms with Gasteiger partial charge in [-0.25, -0.2) is 0 Å². The Labute approximate surface area is 108 Å². The molecule has 0 atom stereocenters. The zero-order chi connectivity index (χ0) is 13.0. The van der Waals surface area contributed by atoms with Crippen molar-refractivity contribution >= 4 is 6.01 Å². The van der Waals surface area contributed by atoms with Crippen LogP contribution in [0.25, 0.3) is 0 Å². The Morgan fingerprint density at radius 3 is 2.61 bits per heavy atom. The quantitative estimate of drug-likeness (QED) is 0.871. The van der Waals surface area contributed by atoms with Gasteiger partial charge in [0.2, 0.25) is 5.89 Å². The molecule has 1 N–H and O–H groups in total. The maximum absolute atomic E-state index is 8.84. The Kier molecular flexibility index (Phi) is 4.58. The lowest BCUT2D eigenvalue weighted by atomic mass is 9.92. The fourth-order valence-electron chi connectivity index (χ4n) is 2.38. The highest BCUT2D eigenvalue weighted by molar-refractivity contribution is 5.25. The van der Waals surface area contributed by atoms with Crippen LogP contribution in [-0.2, 0) is 0 Å². The second-order valence-electron chi connectivity index (χ2n) is 5.37. The maximum Gasteiger partial charge on any atom is 0.318 e. The van der Waals surface area contributed by atoms with Crippen molar-refractivity contribution < 1.29 is 9.52 Å². The summed E-state index contributed by atoms with van der Waals surface area (Å²) < 4.78 is 5.66. The van der Waals surface area contributed by atoms with Crippen LogP contribution in [-0.4, -0.2) is 35.0 Å². The number of piperidine rings is 1. The summed E-state index contributed by atoms with van der Waals surface area (Å²) in [6, 6.07) is 0.666. The standard InChI is InChI=1S/C13H23N3O2/c1-10(2)12-14-15-13(18-12)16-7-5-11(6-8-16)4-3-9-17/h10-11,17H,3-9H2,1-2H3. The first-order valence-corrected chi connectivity index (χ1v) is 6.90. The first kappa shape index (κ1) is 13.3. The second kappa shape index (κ2) is 6.18. The summed E-state index contributed by atoms with van der Waals surface area (Å²) in [5.41, 5.74) is 0. The van der Waals surface area contributed by atoms with Gasteiger partial charge in [-0.05, 0) is 31.6 Å². The van der Waals surface area contributed by atoms with E-state index >= 15 is 0 Å². The van der Waals surface area contributed by atoms with Crippen molar-refractivity contribution in [1.29, 1.82) is 0 Å². The number of nitrogens with zero attached hydrogens (tertiary/aromatic N) is 3. The Morgan fingerprint density at radius 1 is 1.33 bits per heavy atom. The molecule has 2 heterocycles. The zero-order valence-electron chi connectivity index (χ0n) is 11.3.